The molecule has 39 heavy (non-hydrogen) atoms. The van der Waals surface area contributed by atoms with Crippen LogP contribution in [0.5, 0.6) is 0 Å². The zero-order chi connectivity index (χ0) is 28.8. The molecule has 1 aliphatic heterocycles. The zero-order valence-corrected chi connectivity index (χ0v) is 22.7. The number of rotatable bonds is 10. The Hall–Kier alpha value is -2.00. The monoisotopic (exact) mass is 610 g/mol. The van der Waals surface area contributed by atoms with Crippen LogP contribution in [0.15, 0.2) is 36.5 Å². The molecule has 0 radical (unpaired) electrons. The number of aromatic nitrogens is 3. The molecule has 1 saturated heterocycles. The maximum Gasteiger partial charge on any atom is 0.340 e. The first kappa shape index (κ1) is 30.0. The van der Waals surface area contributed by atoms with Crippen molar-refractivity contribution < 1.29 is 52.8 Å². The summed E-state index contributed by atoms with van der Waals surface area (Å²) in [6, 6.07) is 7.17. The van der Waals surface area contributed by atoms with Gasteiger partial charge in [0.25, 0.3) is 0 Å². The van der Waals surface area contributed by atoms with Gasteiger partial charge in [0.05, 0.1) is 36.5 Å². The molecule has 4 rings (SSSR count). The number of aliphatic hydroxyl groups excluding tert-OH is 2. The van der Waals surface area contributed by atoms with Crippen LogP contribution in [0.4, 0.5) is 10.1 Å². The van der Waals surface area contributed by atoms with E-state index in [1.165, 1.54) is 18.3 Å². The molecule has 3 aromatic rings. The summed E-state index contributed by atoms with van der Waals surface area (Å²) in [6.07, 6.45) is -3.64. The number of hydrogen-bond acceptors (Lipinski definition) is 10. The second kappa shape index (κ2) is 11.1. The summed E-state index contributed by atoms with van der Waals surface area (Å²) >= 11 is 6.22. The maximum atomic E-state index is 14.3. The number of nitrogens with one attached hydrogen (secondary N) is 1. The minimum absolute atomic E-state index is 0.00377. The van der Waals surface area contributed by atoms with Gasteiger partial charge in [-0.25, -0.2) is 14.1 Å². The molecule has 1 fully saturated rings. The van der Waals surface area contributed by atoms with Crippen molar-refractivity contribution in [2.75, 3.05) is 24.4 Å². The number of pyridine rings is 1. The van der Waals surface area contributed by atoms with Crippen LogP contribution in [-0.2, 0) is 18.4 Å². The van der Waals surface area contributed by atoms with Crippen molar-refractivity contribution in [1.82, 2.24) is 14.8 Å². The summed E-state index contributed by atoms with van der Waals surface area (Å²) in [5, 5.41) is 39.3. The molecule has 0 bridgehead atoms. The lowest BCUT2D eigenvalue weighted by molar-refractivity contribution is -0.117. The number of nitrogens with zero attached hydrogens (tertiary/aromatic N) is 3. The van der Waals surface area contributed by atoms with Gasteiger partial charge in [0.2, 0.25) is 0 Å². The Morgan fingerprint density at radius 2 is 2.00 bits per heavy atom. The Morgan fingerprint density at radius 3 is 2.64 bits per heavy atom. The number of benzene rings is 1. The SMILES string of the molecule is C[C@H](Nc1cc(Cl)nc2c1cnn2[C@@H]1O[C@H](COP(=O)(O)CP(=O)(O)O)C(O)(CO)[C@H]1O)c1ccccc1F. The average molecular weight is 611 g/mol. The van der Waals surface area contributed by atoms with Crippen molar-refractivity contribution in [3.63, 3.8) is 0 Å². The molecule has 14 nitrogen and oxygen atoms in total. The zero-order valence-electron chi connectivity index (χ0n) is 20.2. The Morgan fingerprint density at radius 1 is 1.31 bits per heavy atom. The van der Waals surface area contributed by atoms with Crippen LogP contribution in [-0.4, -0.2) is 81.7 Å². The molecule has 18 heteroatoms. The normalized spacial score (nSPS) is 26.0. The Balaban J connectivity index is 1.62. The maximum absolute atomic E-state index is 14.3. The van der Waals surface area contributed by atoms with Crippen molar-refractivity contribution in [3.8, 4) is 0 Å². The molecule has 0 aliphatic carbocycles. The van der Waals surface area contributed by atoms with E-state index in [4.69, 9.17) is 30.6 Å². The molecular weight excluding hydrogens is 585 g/mol. The quantitative estimate of drug-likeness (QED) is 0.129. The molecule has 2 unspecified atom stereocenters. The number of aliphatic hydroxyl groups is 3. The lowest BCUT2D eigenvalue weighted by atomic mass is 9.93. The largest absolute Gasteiger partial charge is 0.393 e. The average Bonchev–Trinajstić information content (AvgIpc) is 3.35. The number of fused-ring (bicyclic) bond motifs is 1. The van der Waals surface area contributed by atoms with Gasteiger partial charge in [-0.3, -0.25) is 9.13 Å². The molecular formula is C21H26ClFN4O10P2. The highest BCUT2D eigenvalue weighted by Crippen LogP contribution is 2.56. The Bertz CT molecular complexity index is 1460. The summed E-state index contributed by atoms with van der Waals surface area (Å²) < 4.78 is 48.9. The molecule has 0 saturated carbocycles. The van der Waals surface area contributed by atoms with Gasteiger partial charge in [0, 0.05) is 5.56 Å². The molecule has 6 atom stereocenters. The van der Waals surface area contributed by atoms with Gasteiger partial charge >= 0.3 is 15.2 Å². The van der Waals surface area contributed by atoms with Crippen LogP contribution >= 0.6 is 26.8 Å². The molecule has 2 aromatic heterocycles. The summed E-state index contributed by atoms with van der Waals surface area (Å²) in [7, 11) is -9.76. The Kier molecular flexibility index (Phi) is 8.54. The van der Waals surface area contributed by atoms with E-state index in [-0.39, 0.29) is 10.8 Å². The standard InChI is InChI=1S/C21H26ClFN4O10P2/c1-11(12-4-2-3-5-14(12)23)25-15-6-17(22)26-19-13(15)7-24-27(19)20-18(29)21(30,9-28)16(37-20)8-36-39(34,35)10-38(31,32)33/h2-7,11,16,18,20,28-30H,8-10H2,1H3,(H,25,26)(H,34,35)(H2,31,32,33)/t11-,16+,18-,20+,21?/m0/s1. The molecule has 3 heterocycles. The van der Waals surface area contributed by atoms with E-state index in [9.17, 15) is 33.7 Å². The fourth-order valence-corrected chi connectivity index (χ4v) is 7.00. The van der Waals surface area contributed by atoms with Crippen molar-refractivity contribution in [2.45, 2.75) is 37.0 Å². The highest BCUT2D eigenvalue weighted by Gasteiger charge is 2.57. The van der Waals surface area contributed by atoms with Gasteiger partial charge in [0.15, 0.2) is 17.8 Å². The van der Waals surface area contributed by atoms with Gasteiger partial charge in [-0.15, -0.1) is 0 Å². The van der Waals surface area contributed by atoms with Crippen LogP contribution in [0.25, 0.3) is 11.0 Å². The van der Waals surface area contributed by atoms with Crippen molar-refractivity contribution in [2.24, 2.45) is 0 Å². The van der Waals surface area contributed by atoms with E-state index in [2.05, 4.69) is 15.4 Å². The fraction of sp³-hybridized carbons (Fsp3) is 0.429. The van der Waals surface area contributed by atoms with Gasteiger partial charge in [-0.05, 0) is 19.1 Å². The summed E-state index contributed by atoms with van der Waals surface area (Å²) in [6.45, 7) is -0.267. The van der Waals surface area contributed by atoms with Crippen LogP contribution in [0.2, 0.25) is 5.15 Å². The number of ether oxygens (including phenoxy) is 1. The first-order chi connectivity index (χ1) is 18.1. The molecule has 0 amide bonds. The van der Waals surface area contributed by atoms with Gasteiger partial charge in [-0.1, -0.05) is 29.8 Å². The third kappa shape index (κ3) is 6.34. The lowest BCUT2D eigenvalue weighted by Crippen LogP contribution is -2.52. The van der Waals surface area contributed by atoms with Crippen LogP contribution in [0.3, 0.4) is 0 Å². The number of halogens is 2. The van der Waals surface area contributed by atoms with E-state index < -0.39 is 70.2 Å². The van der Waals surface area contributed by atoms with E-state index >= 15 is 0 Å². The highest BCUT2D eigenvalue weighted by atomic mass is 35.5. The molecule has 1 aliphatic rings. The lowest BCUT2D eigenvalue weighted by Gasteiger charge is -2.28. The van der Waals surface area contributed by atoms with Gasteiger partial charge in [-0.2, -0.15) is 5.10 Å². The van der Waals surface area contributed by atoms with E-state index in [0.717, 1.165) is 4.68 Å². The van der Waals surface area contributed by atoms with Crippen LogP contribution in [0.1, 0.15) is 24.8 Å². The van der Waals surface area contributed by atoms with Crippen molar-refractivity contribution in [3.05, 3.63) is 53.1 Å². The van der Waals surface area contributed by atoms with E-state index in [0.29, 0.717) is 16.6 Å². The second-order valence-corrected chi connectivity index (χ2v) is 13.4. The molecule has 7 N–H and O–H groups in total. The molecule has 214 valence electrons. The van der Waals surface area contributed by atoms with Crippen LogP contribution < -0.4 is 5.32 Å². The topological polar surface area (TPSA) is 217 Å². The van der Waals surface area contributed by atoms with E-state index in [1.807, 2.05) is 0 Å². The van der Waals surface area contributed by atoms with Gasteiger partial charge < -0.3 is 44.6 Å². The van der Waals surface area contributed by atoms with Crippen LogP contribution in [0, 0.1) is 5.82 Å². The summed E-state index contributed by atoms with van der Waals surface area (Å²) in [5.41, 5.74) is -1.55. The van der Waals surface area contributed by atoms with E-state index in [1.54, 1.807) is 25.1 Å². The highest BCUT2D eigenvalue weighted by molar-refractivity contribution is 7.70. The molecule has 0 spiro atoms. The number of anilines is 1. The van der Waals surface area contributed by atoms with Crippen molar-refractivity contribution in [1.29, 1.82) is 0 Å². The first-order valence-electron chi connectivity index (χ1n) is 11.4. The predicted octanol–water partition coefficient (Wildman–Crippen LogP) is 1.72. The summed E-state index contributed by atoms with van der Waals surface area (Å²) in [4.78, 5) is 31.9. The summed E-state index contributed by atoms with van der Waals surface area (Å²) in [5.74, 6) is -1.90. The Labute approximate surface area is 225 Å². The number of hydrogen-bond donors (Lipinski definition) is 7. The second-order valence-electron chi connectivity index (χ2n) is 9.06. The smallest absolute Gasteiger partial charge is 0.340 e. The first-order valence-corrected chi connectivity index (χ1v) is 15.3. The minimum atomic E-state index is -4.92. The third-order valence-electron chi connectivity index (χ3n) is 6.21. The van der Waals surface area contributed by atoms with Crippen molar-refractivity contribution >= 4 is 43.5 Å². The molecule has 1 aromatic carbocycles. The predicted molar refractivity (Wildman–Crippen MR) is 136 cm³/mol. The fourth-order valence-electron chi connectivity index (χ4n) is 4.26. The van der Waals surface area contributed by atoms with Gasteiger partial charge in [0.1, 0.15) is 28.8 Å². The third-order valence-corrected chi connectivity index (χ3v) is 9.86. The minimum Gasteiger partial charge on any atom is -0.393 e.